The Morgan fingerprint density at radius 1 is 1.56 bits per heavy atom. The summed E-state index contributed by atoms with van der Waals surface area (Å²) < 4.78 is 0. The Morgan fingerprint density at radius 2 is 2.39 bits per heavy atom. The molecule has 1 amide bonds. The largest absolute Gasteiger partial charge is 0.336 e. The van der Waals surface area contributed by atoms with Gasteiger partial charge in [0.05, 0.1) is 13.1 Å². The SMILES string of the molecule is NCC(=O)N(CCCNC1CC1)Cc1cccs1. The van der Waals surface area contributed by atoms with Crippen LogP contribution in [-0.2, 0) is 11.3 Å². The van der Waals surface area contributed by atoms with E-state index >= 15 is 0 Å². The van der Waals surface area contributed by atoms with Gasteiger partial charge in [0.1, 0.15) is 0 Å². The summed E-state index contributed by atoms with van der Waals surface area (Å²) in [5.74, 6) is 0.0369. The van der Waals surface area contributed by atoms with E-state index in [1.165, 1.54) is 17.7 Å². The van der Waals surface area contributed by atoms with Crippen LogP contribution >= 0.6 is 11.3 Å². The molecule has 1 heterocycles. The van der Waals surface area contributed by atoms with Gasteiger partial charge in [0.2, 0.25) is 5.91 Å². The Morgan fingerprint density at radius 3 is 3.00 bits per heavy atom. The topological polar surface area (TPSA) is 58.4 Å². The molecule has 0 aromatic carbocycles. The maximum Gasteiger partial charge on any atom is 0.236 e. The molecule has 1 aromatic heterocycles. The molecule has 1 saturated carbocycles. The molecule has 1 aromatic rings. The first kappa shape index (κ1) is 13.5. The van der Waals surface area contributed by atoms with Gasteiger partial charge in [-0.05, 0) is 37.3 Å². The highest BCUT2D eigenvalue weighted by atomic mass is 32.1. The van der Waals surface area contributed by atoms with Crippen molar-refractivity contribution < 1.29 is 4.79 Å². The van der Waals surface area contributed by atoms with Crippen LogP contribution in [0.2, 0.25) is 0 Å². The number of hydrogen-bond acceptors (Lipinski definition) is 4. The van der Waals surface area contributed by atoms with E-state index in [9.17, 15) is 4.79 Å². The summed E-state index contributed by atoms with van der Waals surface area (Å²) in [7, 11) is 0. The molecule has 1 aliphatic carbocycles. The fourth-order valence-electron chi connectivity index (χ4n) is 1.88. The van der Waals surface area contributed by atoms with Crippen molar-refractivity contribution in [2.45, 2.75) is 31.8 Å². The molecule has 0 unspecified atom stereocenters. The van der Waals surface area contributed by atoms with Crippen LogP contribution in [0.1, 0.15) is 24.1 Å². The number of hydrogen-bond donors (Lipinski definition) is 2. The molecule has 1 aliphatic rings. The monoisotopic (exact) mass is 267 g/mol. The molecule has 2 rings (SSSR count). The van der Waals surface area contributed by atoms with E-state index in [1.807, 2.05) is 16.3 Å². The van der Waals surface area contributed by atoms with Gasteiger partial charge in [-0.1, -0.05) is 6.07 Å². The molecule has 0 saturated heterocycles. The van der Waals surface area contributed by atoms with E-state index in [0.29, 0.717) is 6.54 Å². The number of nitrogens with zero attached hydrogens (tertiary/aromatic N) is 1. The van der Waals surface area contributed by atoms with Crippen molar-refractivity contribution in [2.24, 2.45) is 5.73 Å². The minimum Gasteiger partial charge on any atom is -0.336 e. The molecule has 5 heteroatoms. The van der Waals surface area contributed by atoms with Crippen LogP contribution in [-0.4, -0.2) is 36.5 Å². The first-order valence-electron chi connectivity index (χ1n) is 6.53. The number of nitrogens with two attached hydrogens (primary N) is 1. The van der Waals surface area contributed by atoms with Crippen molar-refractivity contribution in [1.29, 1.82) is 0 Å². The average Bonchev–Trinajstić information content (AvgIpc) is 3.07. The van der Waals surface area contributed by atoms with Gasteiger partial charge in [0.25, 0.3) is 0 Å². The zero-order valence-corrected chi connectivity index (χ0v) is 11.4. The molecule has 0 bridgehead atoms. The third-order valence-corrected chi connectivity index (χ3v) is 3.93. The maximum absolute atomic E-state index is 11.8. The third kappa shape index (κ3) is 4.40. The summed E-state index contributed by atoms with van der Waals surface area (Å²) in [5.41, 5.74) is 5.46. The Hall–Kier alpha value is -0.910. The quantitative estimate of drug-likeness (QED) is 0.695. The second kappa shape index (κ2) is 6.87. The van der Waals surface area contributed by atoms with E-state index in [1.54, 1.807) is 11.3 Å². The van der Waals surface area contributed by atoms with Crippen LogP contribution in [0.3, 0.4) is 0 Å². The van der Waals surface area contributed by atoms with Crippen LogP contribution in [0, 0.1) is 0 Å². The fraction of sp³-hybridized carbons (Fsp3) is 0.615. The van der Waals surface area contributed by atoms with Crippen molar-refractivity contribution >= 4 is 17.2 Å². The first-order valence-corrected chi connectivity index (χ1v) is 7.41. The summed E-state index contributed by atoms with van der Waals surface area (Å²) in [6, 6.07) is 4.81. The number of nitrogens with one attached hydrogen (secondary N) is 1. The van der Waals surface area contributed by atoms with Crippen LogP contribution < -0.4 is 11.1 Å². The molecule has 0 radical (unpaired) electrons. The molecular weight excluding hydrogens is 246 g/mol. The summed E-state index contributed by atoms with van der Waals surface area (Å²) in [4.78, 5) is 14.8. The Balaban J connectivity index is 1.74. The van der Waals surface area contributed by atoms with E-state index in [2.05, 4.69) is 11.4 Å². The molecule has 100 valence electrons. The third-order valence-electron chi connectivity index (χ3n) is 3.07. The summed E-state index contributed by atoms with van der Waals surface area (Å²) >= 11 is 1.68. The highest BCUT2D eigenvalue weighted by Gasteiger charge is 2.20. The van der Waals surface area contributed by atoms with Gasteiger partial charge < -0.3 is 16.0 Å². The molecule has 1 fully saturated rings. The molecular formula is C13H21N3OS. The maximum atomic E-state index is 11.8. The predicted octanol–water partition coefficient (Wildman–Crippen LogP) is 1.18. The van der Waals surface area contributed by atoms with Gasteiger partial charge in [-0.25, -0.2) is 0 Å². The molecule has 18 heavy (non-hydrogen) atoms. The second-order valence-corrected chi connectivity index (χ2v) is 5.71. The molecule has 0 atom stereocenters. The summed E-state index contributed by atoms with van der Waals surface area (Å²) in [6.45, 7) is 2.57. The average molecular weight is 267 g/mol. The highest BCUT2D eigenvalue weighted by Crippen LogP contribution is 2.18. The first-order chi connectivity index (χ1) is 8.79. The van der Waals surface area contributed by atoms with Gasteiger partial charge in [0, 0.05) is 17.5 Å². The summed E-state index contributed by atoms with van der Waals surface area (Å²) in [5, 5.41) is 5.50. The molecule has 0 spiro atoms. The number of carbonyl (C=O) groups is 1. The lowest BCUT2D eigenvalue weighted by molar-refractivity contribution is -0.130. The smallest absolute Gasteiger partial charge is 0.236 e. The van der Waals surface area contributed by atoms with E-state index in [0.717, 1.165) is 25.6 Å². The van der Waals surface area contributed by atoms with E-state index < -0.39 is 0 Å². The number of carbonyl (C=O) groups excluding carboxylic acids is 1. The number of amides is 1. The zero-order valence-electron chi connectivity index (χ0n) is 10.6. The van der Waals surface area contributed by atoms with E-state index in [-0.39, 0.29) is 12.5 Å². The predicted molar refractivity (Wildman–Crippen MR) is 74.4 cm³/mol. The van der Waals surface area contributed by atoms with Crippen LogP contribution in [0.15, 0.2) is 17.5 Å². The van der Waals surface area contributed by atoms with Gasteiger partial charge in [-0.3, -0.25) is 4.79 Å². The van der Waals surface area contributed by atoms with Gasteiger partial charge in [0.15, 0.2) is 0 Å². The Labute approximate surface area is 112 Å². The molecule has 0 aliphatic heterocycles. The van der Waals surface area contributed by atoms with Crippen molar-refractivity contribution in [3.05, 3.63) is 22.4 Å². The fourth-order valence-corrected chi connectivity index (χ4v) is 2.59. The standard InChI is InChI=1S/C13H21N3OS/c14-9-13(17)16(10-12-3-1-8-18-12)7-2-6-15-11-4-5-11/h1,3,8,11,15H,2,4-7,9-10,14H2. The Bertz CT molecular complexity index is 362. The van der Waals surface area contributed by atoms with Crippen molar-refractivity contribution in [3.63, 3.8) is 0 Å². The summed E-state index contributed by atoms with van der Waals surface area (Å²) in [6.07, 6.45) is 3.61. The van der Waals surface area contributed by atoms with Crippen molar-refractivity contribution in [3.8, 4) is 0 Å². The minimum atomic E-state index is 0.0369. The lowest BCUT2D eigenvalue weighted by Gasteiger charge is -2.21. The number of rotatable bonds is 8. The van der Waals surface area contributed by atoms with Crippen LogP contribution in [0.4, 0.5) is 0 Å². The normalized spacial score (nSPS) is 14.7. The molecule has 4 nitrogen and oxygen atoms in total. The zero-order chi connectivity index (χ0) is 12.8. The number of thiophene rings is 1. The van der Waals surface area contributed by atoms with Gasteiger partial charge in [-0.2, -0.15) is 0 Å². The van der Waals surface area contributed by atoms with Crippen molar-refractivity contribution in [1.82, 2.24) is 10.2 Å². The van der Waals surface area contributed by atoms with Crippen LogP contribution in [0.5, 0.6) is 0 Å². The molecule has 3 N–H and O–H groups in total. The Kier molecular flexibility index (Phi) is 5.16. The van der Waals surface area contributed by atoms with Crippen LogP contribution in [0.25, 0.3) is 0 Å². The second-order valence-electron chi connectivity index (χ2n) is 4.68. The van der Waals surface area contributed by atoms with E-state index in [4.69, 9.17) is 5.73 Å². The minimum absolute atomic E-state index is 0.0369. The lowest BCUT2D eigenvalue weighted by Crippen LogP contribution is -2.37. The lowest BCUT2D eigenvalue weighted by atomic mass is 10.3. The van der Waals surface area contributed by atoms with Crippen molar-refractivity contribution in [2.75, 3.05) is 19.6 Å². The van der Waals surface area contributed by atoms with Gasteiger partial charge >= 0.3 is 0 Å². The van der Waals surface area contributed by atoms with Gasteiger partial charge in [-0.15, -0.1) is 11.3 Å². The highest BCUT2D eigenvalue weighted by molar-refractivity contribution is 7.09.